The summed E-state index contributed by atoms with van der Waals surface area (Å²) in [5, 5.41) is 0. The summed E-state index contributed by atoms with van der Waals surface area (Å²) in [5.74, 6) is -9.78. The van der Waals surface area contributed by atoms with E-state index in [2.05, 4.69) is 0 Å². The molecule has 0 fully saturated rings. The average molecular weight is 313 g/mol. The summed E-state index contributed by atoms with van der Waals surface area (Å²) < 4.78 is 66.1. The van der Waals surface area contributed by atoms with E-state index >= 15 is 0 Å². The van der Waals surface area contributed by atoms with Gasteiger partial charge >= 0.3 is 0 Å². The molecule has 0 aliphatic heterocycles. The van der Waals surface area contributed by atoms with Crippen molar-refractivity contribution in [1.82, 2.24) is 0 Å². The first-order valence-electron chi connectivity index (χ1n) is 6.29. The number of rotatable bonds is 3. The lowest BCUT2D eigenvalue weighted by molar-refractivity contribution is 0.377. The molecule has 1 nitrogen and oxygen atoms in total. The van der Waals surface area contributed by atoms with Crippen LogP contribution in [0.25, 0.3) is 12.2 Å². The van der Waals surface area contributed by atoms with Gasteiger partial charge in [0.15, 0.2) is 23.3 Å². The van der Waals surface area contributed by atoms with Crippen molar-refractivity contribution in [3.05, 3.63) is 64.5 Å². The molecule has 0 aromatic heterocycles. The second-order valence-electron chi connectivity index (χ2n) is 4.80. The number of halogens is 5. The summed E-state index contributed by atoms with van der Waals surface area (Å²) >= 11 is 0. The Kier molecular flexibility index (Phi) is 4.49. The van der Waals surface area contributed by atoms with Gasteiger partial charge in [-0.2, -0.15) is 0 Å². The molecule has 2 aromatic rings. The smallest absolute Gasteiger partial charge is 0.200 e. The average Bonchev–Trinajstić information content (AvgIpc) is 2.51. The standard InChI is InChI=1S/C16H12F5N/c1-22(2)10-6-3-9(4-7-10)5-8-11-12(17)14(19)16(21)15(20)13(11)18/h3-8H,1-2H3. The van der Waals surface area contributed by atoms with Gasteiger partial charge in [-0.3, -0.25) is 0 Å². The molecule has 0 saturated carbocycles. The molecular formula is C16H12F5N. The van der Waals surface area contributed by atoms with Gasteiger partial charge in [-0.1, -0.05) is 18.2 Å². The Morgan fingerprint density at radius 2 is 1.14 bits per heavy atom. The zero-order valence-electron chi connectivity index (χ0n) is 11.8. The van der Waals surface area contributed by atoms with Gasteiger partial charge in [-0.05, 0) is 23.8 Å². The second kappa shape index (κ2) is 6.17. The number of benzene rings is 2. The lowest BCUT2D eigenvalue weighted by atomic mass is 10.1. The zero-order chi connectivity index (χ0) is 16.4. The molecule has 116 valence electrons. The summed E-state index contributed by atoms with van der Waals surface area (Å²) in [7, 11) is 3.69. The summed E-state index contributed by atoms with van der Waals surface area (Å²) in [6.07, 6.45) is 2.14. The molecule has 0 aliphatic rings. The van der Waals surface area contributed by atoms with Crippen LogP contribution in [0.3, 0.4) is 0 Å². The van der Waals surface area contributed by atoms with E-state index in [-0.39, 0.29) is 0 Å². The van der Waals surface area contributed by atoms with Crippen LogP contribution in [0, 0.1) is 29.1 Å². The highest BCUT2D eigenvalue weighted by Gasteiger charge is 2.24. The van der Waals surface area contributed by atoms with Gasteiger partial charge in [-0.25, -0.2) is 22.0 Å². The molecule has 2 aromatic carbocycles. The van der Waals surface area contributed by atoms with Crippen molar-refractivity contribution in [2.75, 3.05) is 19.0 Å². The first-order valence-corrected chi connectivity index (χ1v) is 6.29. The topological polar surface area (TPSA) is 3.24 Å². The maximum absolute atomic E-state index is 13.5. The third kappa shape index (κ3) is 2.95. The SMILES string of the molecule is CN(C)c1ccc(C=Cc2c(F)c(F)c(F)c(F)c2F)cc1. The van der Waals surface area contributed by atoms with E-state index in [0.29, 0.717) is 5.56 Å². The molecule has 2 rings (SSSR count). The molecule has 0 unspecified atom stereocenters. The van der Waals surface area contributed by atoms with E-state index < -0.39 is 34.6 Å². The van der Waals surface area contributed by atoms with Gasteiger partial charge in [0, 0.05) is 19.8 Å². The van der Waals surface area contributed by atoms with Gasteiger partial charge in [-0.15, -0.1) is 0 Å². The molecular weight excluding hydrogens is 301 g/mol. The molecule has 0 aliphatic carbocycles. The van der Waals surface area contributed by atoms with Gasteiger partial charge in [0.05, 0.1) is 5.56 Å². The summed E-state index contributed by atoms with van der Waals surface area (Å²) in [6, 6.07) is 6.85. The Labute approximate surface area is 124 Å². The molecule has 0 bridgehead atoms. The molecule has 0 atom stereocenters. The minimum Gasteiger partial charge on any atom is -0.378 e. The van der Waals surface area contributed by atoms with E-state index in [1.807, 2.05) is 19.0 Å². The van der Waals surface area contributed by atoms with Crippen LogP contribution in [0.15, 0.2) is 24.3 Å². The Balaban J connectivity index is 2.38. The Morgan fingerprint density at radius 1 is 0.682 bits per heavy atom. The van der Waals surface area contributed by atoms with E-state index in [1.165, 1.54) is 6.08 Å². The fraction of sp³-hybridized carbons (Fsp3) is 0.125. The normalized spacial score (nSPS) is 11.2. The number of hydrogen-bond acceptors (Lipinski definition) is 1. The highest BCUT2D eigenvalue weighted by molar-refractivity contribution is 5.71. The predicted octanol–water partition coefficient (Wildman–Crippen LogP) is 4.62. The van der Waals surface area contributed by atoms with Crippen molar-refractivity contribution in [2.24, 2.45) is 0 Å². The second-order valence-corrected chi connectivity index (χ2v) is 4.80. The van der Waals surface area contributed by atoms with E-state index in [0.717, 1.165) is 11.8 Å². The van der Waals surface area contributed by atoms with Crippen molar-refractivity contribution in [2.45, 2.75) is 0 Å². The van der Waals surface area contributed by atoms with Gasteiger partial charge in [0.25, 0.3) is 0 Å². The first-order chi connectivity index (χ1) is 10.3. The molecule has 0 amide bonds. The number of hydrogen-bond donors (Lipinski definition) is 0. The predicted molar refractivity (Wildman–Crippen MR) is 75.9 cm³/mol. The zero-order valence-corrected chi connectivity index (χ0v) is 11.8. The Hall–Kier alpha value is -2.37. The lowest BCUT2D eigenvalue weighted by Gasteiger charge is -2.11. The van der Waals surface area contributed by atoms with Crippen LogP contribution in [-0.2, 0) is 0 Å². The molecule has 0 spiro atoms. The van der Waals surface area contributed by atoms with Crippen LogP contribution in [-0.4, -0.2) is 14.1 Å². The highest BCUT2D eigenvalue weighted by Crippen LogP contribution is 2.25. The van der Waals surface area contributed by atoms with E-state index in [1.54, 1.807) is 24.3 Å². The van der Waals surface area contributed by atoms with Crippen LogP contribution in [0.5, 0.6) is 0 Å². The first kappa shape index (κ1) is 16.0. The van der Waals surface area contributed by atoms with Gasteiger partial charge < -0.3 is 4.90 Å². The third-order valence-corrected chi connectivity index (χ3v) is 3.10. The molecule has 0 heterocycles. The number of nitrogens with zero attached hydrogens (tertiary/aromatic N) is 1. The molecule has 0 saturated heterocycles. The minimum absolute atomic E-state index is 0.564. The monoisotopic (exact) mass is 313 g/mol. The van der Waals surface area contributed by atoms with E-state index in [4.69, 9.17) is 0 Å². The van der Waals surface area contributed by atoms with Crippen molar-refractivity contribution in [3.8, 4) is 0 Å². The summed E-state index contributed by atoms with van der Waals surface area (Å²) in [4.78, 5) is 1.86. The minimum atomic E-state index is -2.16. The molecule has 6 heteroatoms. The highest BCUT2D eigenvalue weighted by atomic mass is 19.2. The summed E-state index contributed by atoms with van der Waals surface area (Å²) in [6.45, 7) is 0. The van der Waals surface area contributed by atoms with Crippen molar-refractivity contribution in [3.63, 3.8) is 0 Å². The lowest BCUT2D eigenvalue weighted by Crippen LogP contribution is -2.07. The maximum Gasteiger partial charge on any atom is 0.200 e. The Bertz CT molecular complexity index is 691. The van der Waals surface area contributed by atoms with Crippen LogP contribution in [0.1, 0.15) is 11.1 Å². The molecule has 0 N–H and O–H groups in total. The van der Waals surface area contributed by atoms with Crippen molar-refractivity contribution >= 4 is 17.8 Å². The van der Waals surface area contributed by atoms with Crippen LogP contribution in [0.2, 0.25) is 0 Å². The van der Waals surface area contributed by atoms with E-state index in [9.17, 15) is 22.0 Å². The summed E-state index contributed by atoms with van der Waals surface area (Å²) in [5.41, 5.74) is 0.510. The Morgan fingerprint density at radius 3 is 1.59 bits per heavy atom. The van der Waals surface area contributed by atoms with Crippen LogP contribution >= 0.6 is 0 Å². The third-order valence-electron chi connectivity index (χ3n) is 3.10. The molecule has 0 radical (unpaired) electrons. The maximum atomic E-state index is 13.5. The van der Waals surface area contributed by atoms with Crippen LogP contribution in [0.4, 0.5) is 27.6 Å². The largest absolute Gasteiger partial charge is 0.378 e. The molecule has 22 heavy (non-hydrogen) atoms. The number of anilines is 1. The quantitative estimate of drug-likeness (QED) is 0.346. The fourth-order valence-electron chi connectivity index (χ4n) is 1.83. The van der Waals surface area contributed by atoms with Crippen molar-refractivity contribution < 1.29 is 22.0 Å². The van der Waals surface area contributed by atoms with Crippen molar-refractivity contribution in [1.29, 1.82) is 0 Å². The van der Waals surface area contributed by atoms with Gasteiger partial charge in [0.1, 0.15) is 0 Å². The van der Waals surface area contributed by atoms with Crippen LogP contribution < -0.4 is 4.90 Å². The van der Waals surface area contributed by atoms with Gasteiger partial charge in [0.2, 0.25) is 5.82 Å². The fourth-order valence-corrected chi connectivity index (χ4v) is 1.83.